The van der Waals surface area contributed by atoms with Crippen LogP contribution in [-0.2, 0) is 9.47 Å². The molecule has 1 aromatic carbocycles. The van der Waals surface area contributed by atoms with Gasteiger partial charge in [0.2, 0.25) is 0 Å². The molecule has 1 fully saturated rings. The zero-order chi connectivity index (χ0) is 13.9. The first-order chi connectivity index (χ1) is 9.00. The number of hydrogen-bond donors (Lipinski definition) is 1. The Morgan fingerprint density at radius 2 is 1.79 bits per heavy atom. The van der Waals surface area contributed by atoms with Crippen molar-refractivity contribution in [3.63, 3.8) is 0 Å². The Hall–Kier alpha value is -1.10. The molecular weight excluding hydrogens is 242 g/mol. The molecule has 19 heavy (non-hydrogen) atoms. The lowest BCUT2D eigenvalue weighted by atomic mass is 10.1. The van der Waals surface area contributed by atoms with Gasteiger partial charge in [-0.2, -0.15) is 0 Å². The van der Waals surface area contributed by atoms with Crippen molar-refractivity contribution in [2.45, 2.75) is 38.6 Å². The van der Waals surface area contributed by atoms with Crippen molar-refractivity contribution in [2.24, 2.45) is 0 Å². The highest BCUT2D eigenvalue weighted by molar-refractivity contribution is 5.28. The quantitative estimate of drug-likeness (QED) is 0.908. The van der Waals surface area contributed by atoms with E-state index in [2.05, 4.69) is 24.4 Å². The Kier molecular flexibility index (Phi) is 4.45. The predicted molar refractivity (Wildman–Crippen MR) is 74.3 cm³/mol. The van der Waals surface area contributed by atoms with E-state index >= 15 is 0 Å². The molecule has 0 amide bonds. The van der Waals surface area contributed by atoms with Crippen LogP contribution in [0.3, 0.4) is 0 Å². The molecule has 1 aliphatic heterocycles. The summed E-state index contributed by atoms with van der Waals surface area (Å²) in [5, 5.41) is 3.52. The van der Waals surface area contributed by atoms with Crippen LogP contribution in [-0.4, -0.2) is 32.2 Å². The summed E-state index contributed by atoms with van der Waals surface area (Å²) in [5.41, 5.74) is 1.23. The van der Waals surface area contributed by atoms with Crippen molar-refractivity contribution < 1.29 is 14.2 Å². The maximum atomic E-state index is 5.65. The molecular formula is C15H23NO3. The zero-order valence-corrected chi connectivity index (χ0v) is 12.1. The summed E-state index contributed by atoms with van der Waals surface area (Å²) in [5.74, 6) is 0.420. The van der Waals surface area contributed by atoms with Gasteiger partial charge in [-0.05, 0) is 38.5 Å². The fourth-order valence-corrected chi connectivity index (χ4v) is 2.13. The fraction of sp³-hybridized carbons (Fsp3) is 0.600. The molecule has 1 atom stereocenters. The number of hydrogen-bond acceptors (Lipinski definition) is 4. The van der Waals surface area contributed by atoms with Gasteiger partial charge in [0.1, 0.15) is 5.75 Å². The van der Waals surface area contributed by atoms with Gasteiger partial charge in [-0.25, -0.2) is 0 Å². The van der Waals surface area contributed by atoms with E-state index in [1.807, 2.05) is 26.0 Å². The summed E-state index contributed by atoms with van der Waals surface area (Å²) in [7, 11) is 1.68. The molecule has 0 unspecified atom stereocenters. The molecule has 0 spiro atoms. The van der Waals surface area contributed by atoms with Crippen LogP contribution in [0, 0.1) is 0 Å². The lowest BCUT2D eigenvalue weighted by molar-refractivity contribution is -0.253. The Balaban J connectivity index is 1.88. The SMILES string of the molecule is COc1ccc([C@H](C)NC2COC(C)(C)OC2)cc1. The van der Waals surface area contributed by atoms with Crippen molar-refractivity contribution in [1.82, 2.24) is 5.32 Å². The van der Waals surface area contributed by atoms with Crippen LogP contribution in [0.5, 0.6) is 5.75 Å². The highest BCUT2D eigenvalue weighted by atomic mass is 16.7. The lowest BCUT2D eigenvalue weighted by Crippen LogP contribution is -2.49. The highest BCUT2D eigenvalue weighted by Crippen LogP contribution is 2.21. The minimum atomic E-state index is -0.457. The first-order valence-corrected chi connectivity index (χ1v) is 6.68. The van der Waals surface area contributed by atoms with Gasteiger partial charge in [-0.15, -0.1) is 0 Å². The van der Waals surface area contributed by atoms with Crippen LogP contribution >= 0.6 is 0 Å². The van der Waals surface area contributed by atoms with Gasteiger partial charge >= 0.3 is 0 Å². The van der Waals surface area contributed by atoms with E-state index in [9.17, 15) is 0 Å². The molecule has 0 aliphatic carbocycles. The van der Waals surface area contributed by atoms with Crippen LogP contribution in [0.2, 0.25) is 0 Å². The highest BCUT2D eigenvalue weighted by Gasteiger charge is 2.28. The van der Waals surface area contributed by atoms with E-state index in [1.165, 1.54) is 5.56 Å². The monoisotopic (exact) mass is 265 g/mol. The Morgan fingerprint density at radius 3 is 2.32 bits per heavy atom. The van der Waals surface area contributed by atoms with Gasteiger partial charge < -0.3 is 19.5 Å². The van der Waals surface area contributed by atoms with Crippen molar-refractivity contribution in [2.75, 3.05) is 20.3 Å². The molecule has 1 saturated heterocycles. The Labute approximate surface area is 115 Å². The first-order valence-electron chi connectivity index (χ1n) is 6.68. The van der Waals surface area contributed by atoms with Crippen LogP contribution < -0.4 is 10.1 Å². The molecule has 2 rings (SSSR count). The maximum absolute atomic E-state index is 5.65. The van der Waals surface area contributed by atoms with Crippen LogP contribution in [0.4, 0.5) is 0 Å². The molecule has 0 radical (unpaired) electrons. The summed E-state index contributed by atoms with van der Waals surface area (Å²) in [6.45, 7) is 7.37. The molecule has 0 aromatic heterocycles. The van der Waals surface area contributed by atoms with Gasteiger partial charge in [-0.3, -0.25) is 0 Å². The fourth-order valence-electron chi connectivity index (χ4n) is 2.13. The van der Waals surface area contributed by atoms with E-state index in [0.29, 0.717) is 13.2 Å². The summed E-state index contributed by atoms with van der Waals surface area (Å²) < 4.78 is 16.5. The Morgan fingerprint density at radius 1 is 1.21 bits per heavy atom. The number of nitrogens with one attached hydrogen (secondary N) is 1. The summed E-state index contributed by atoms with van der Waals surface area (Å²) in [4.78, 5) is 0. The first kappa shape index (κ1) is 14.3. The standard InChI is InChI=1S/C15H23NO3/c1-11(12-5-7-14(17-4)8-6-12)16-13-9-18-15(2,3)19-10-13/h5-8,11,13,16H,9-10H2,1-4H3/t11-/m0/s1. The smallest absolute Gasteiger partial charge is 0.162 e. The molecule has 1 N–H and O–H groups in total. The van der Waals surface area contributed by atoms with Crippen molar-refractivity contribution in [3.8, 4) is 5.75 Å². The van der Waals surface area contributed by atoms with E-state index < -0.39 is 5.79 Å². The molecule has 1 aromatic rings. The van der Waals surface area contributed by atoms with Crippen LogP contribution in [0.15, 0.2) is 24.3 Å². The second kappa shape index (κ2) is 5.90. The predicted octanol–water partition coefficient (Wildman–Crippen LogP) is 2.50. The third kappa shape index (κ3) is 3.93. The van der Waals surface area contributed by atoms with Gasteiger partial charge in [0.05, 0.1) is 26.4 Å². The number of methoxy groups -OCH3 is 1. The summed E-state index contributed by atoms with van der Waals surface area (Å²) in [6, 6.07) is 8.58. The number of benzene rings is 1. The van der Waals surface area contributed by atoms with Gasteiger partial charge in [0.15, 0.2) is 5.79 Å². The molecule has 1 heterocycles. The average Bonchev–Trinajstić information content (AvgIpc) is 2.41. The second-order valence-corrected chi connectivity index (χ2v) is 5.38. The maximum Gasteiger partial charge on any atom is 0.162 e. The molecule has 1 aliphatic rings. The van der Waals surface area contributed by atoms with E-state index in [0.717, 1.165) is 5.75 Å². The van der Waals surface area contributed by atoms with Crippen molar-refractivity contribution in [3.05, 3.63) is 29.8 Å². The minimum Gasteiger partial charge on any atom is -0.497 e. The summed E-state index contributed by atoms with van der Waals surface area (Å²) >= 11 is 0. The van der Waals surface area contributed by atoms with Gasteiger partial charge in [0.25, 0.3) is 0 Å². The molecule has 0 saturated carbocycles. The lowest BCUT2D eigenvalue weighted by Gasteiger charge is -2.36. The van der Waals surface area contributed by atoms with Crippen molar-refractivity contribution >= 4 is 0 Å². The van der Waals surface area contributed by atoms with Crippen LogP contribution in [0.25, 0.3) is 0 Å². The molecule has 106 valence electrons. The van der Waals surface area contributed by atoms with E-state index in [1.54, 1.807) is 7.11 Å². The van der Waals surface area contributed by atoms with E-state index in [-0.39, 0.29) is 12.1 Å². The molecule has 4 nitrogen and oxygen atoms in total. The zero-order valence-electron chi connectivity index (χ0n) is 12.1. The minimum absolute atomic E-state index is 0.227. The van der Waals surface area contributed by atoms with Gasteiger partial charge in [0, 0.05) is 6.04 Å². The van der Waals surface area contributed by atoms with Gasteiger partial charge in [-0.1, -0.05) is 12.1 Å². The average molecular weight is 265 g/mol. The third-order valence-electron chi connectivity index (χ3n) is 3.37. The molecule has 0 bridgehead atoms. The largest absolute Gasteiger partial charge is 0.497 e. The number of ether oxygens (including phenoxy) is 3. The van der Waals surface area contributed by atoms with Crippen molar-refractivity contribution in [1.29, 1.82) is 0 Å². The van der Waals surface area contributed by atoms with Crippen LogP contribution in [0.1, 0.15) is 32.4 Å². The Bertz CT molecular complexity index is 392. The number of rotatable bonds is 4. The third-order valence-corrected chi connectivity index (χ3v) is 3.37. The normalized spacial score (nSPS) is 21.1. The topological polar surface area (TPSA) is 39.7 Å². The van der Waals surface area contributed by atoms with E-state index in [4.69, 9.17) is 14.2 Å². The summed E-state index contributed by atoms with van der Waals surface area (Å²) in [6.07, 6.45) is 0. The molecule has 4 heteroatoms. The second-order valence-electron chi connectivity index (χ2n) is 5.38.